The number of fused-ring (bicyclic) bond motifs is 1. The number of benzene rings is 1. The van der Waals surface area contributed by atoms with E-state index >= 15 is 0 Å². The molecule has 124 valence electrons. The highest BCUT2D eigenvalue weighted by Crippen LogP contribution is 2.36. The van der Waals surface area contributed by atoms with Gasteiger partial charge in [0.15, 0.2) is 5.82 Å². The van der Waals surface area contributed by atoms with E-state index in [9.17, 15) is 4.79 Å². The topological polar surface area (TPSA) is 68.0 Å². The number of rotatable bonds is 3. The summed E-state index contributed by atoms with van der Waals surface area (Å²) >= 11 is 1.52. The van der Waals surface area contributed by atoms with Gasteiger partial charge in [0.05, 0.1) is 4.88 Å². The lowest BCUT2D eigenvalue weighted by atomic mass is 9.81. The maximum atomic E-state index is 12.9. The number of nitrogens with one attached hydrogen (secondary N) is 1. The van der Waals surface area contributed by atoms with Crippen molar-refractivity contribution >= 4 is 27.3 Å². The molecule has 1 amide bonds. The molecule has 4 rings (SSSR count). The highest BCUT2D eigenvalue weighted by molar-refractivity contribution is 7.20. The maximum absolute atomic E-state index is 12.9. The zero-order valence-electron chi connectivity index (χ0n) is 13.5. The van der Waals surface area contributed by atoms with Crippen LogP contribution in [0.1, 0.15) is 53.5 Å². The van der Waals surface area contributed by atoms with Crippen LogP contribution in [0, 0.1) is 6.92 Å². The molecule has 1 fully saturated rings. The minimum Gasteiger partial charge on any atom is -0.340 e. The number of hydrogen-bond acceptors (Lipinski definition) is 5. The molecule has 1 aliphatic carbocycles. The molecule has 1 N–H and O–H groups in total. The van der Waals surface area contributed by atoms with E-state index in [4.69, 9.17) is 4.52 Å². The fraction of sp³-hybridized carbons (Fsp3) is 0.389. The highest BCUT2D eigenvalue weighted by Gasteiger charge is 2.40. The standard InChI is InChI=1S/C18H19N3O2S/c1-12-19-17(21-23-12)18(9-5-2-6-10-18)20-16(22)15-11-13-7-3-4-8-14(13)24-15/h3-4,7-8,11H,2,5-6,9-10H2,1H3,(H,20,22). The molecule has 1 aliphatic rings. The van der Waals surface area contributed by atoms with E-state index in [1.807, 2.05) is 30.3 Å². The van der Waals surface area contributed by atoms with Gasteiger partial charge in [-0.25, -0.2) is 0 Å². The lowest BCUT2D eigenvalue weighted by molar-refractivity contribution is 0.0859. The summed E-state index contributed by atoms with van der Waals surface area (Å²) in [6.45, 7) is 1.78. The number of aromatic nitrogens is 2. The van der Waals surface area contributed by atoms with Crippen LogP contribution in [-0.4, -0.2) is 16.0 Å². The smallest absolute Gasteiger partial charge is 0.262 e. The van der Waals surface area contributed by atoms with Crippen LogP contribution in [0.25, 0.3) is 10.1 Å². The number of hydrogen-bond donors (Lipinski definition) is 1. The average Bonchev–Trinajstić information content (AvgIpc) is 3.22. The molecular weight excluding hydrogens is 322 g/mol. The van der Waals surface area contributed by atoms with Crippen LogP contribution in [0.4, 0.5) is 0 Å². The molecule has 6 heteroatoms. The van der Waals surface area contributed by atoms with Gasteiger partial charge in [-0.15, -0.1) is 11.3 Å². The summed E-state index contributed by atoms with van der Waals surface area (Å²) in [5.41, 5.74) is -0.511. The second-order valence-electron chi connectivity index (χ2n) is 6.38. The lowest BCUT2D eigenvalue weighted by Crippen LogP contribution is -2.47. The van der Waals surface area contributed by atoms with Gasteiger partial charge >= 0.3 is 0 Å². The quantitative estimate of drug-likeness (QED) is 0.776. The van der Waals surface area contributed by atoms with Crippen molar-refractivity contribution in [3.63, 3.8) is 0 Å². The number of nitrogens with zero attached hydrogens (tertiary/aromatic N) is 2. The summed E-state index contributed by atoms with van der Waals surface area (Å²) in [7, 11) is 0. The molecule has 0 spiro atoms. The van der Waals surface area contributed by atoms with Gasteiger partial charge in [0.25, 0.3) is 5.91 Å². The maximum Gasteiger partial charge on any atom is 0.262 e. The summed E-state index contributed by atoms with van der Waals surface area (Å²) in [5, 5.41) is 8.43. The van der Waals surface area contributed by atoms with Gasteiger partial charge in [-0.2, -0.15) is 4.98 Å². The fourth-order valence-corrected chi connectivity index (χ4v) is 4.38. The Morgan fingerprint density at radius 3 is 2.75 bits per heavy atom. The molecule has 1 aromatic carbocycles. The Morgan fingerprint density at radius 2 is 2.04 bits per heavy atom. The summed E-state index contributed by atoms with van der Waals surface area (Å²) in [6, 6.07) is 10.00. The number of carbonyl (C=O) groups excluding carboxylic acids is 1. The third-order valence-corrected chi connectivity index (χ3v) is 5.78. The summed E-state index contributed by atoms with van der Waals surface area (Å²) in [6.07, 6.45) is 4.99. The zero-order chi connectivity index (χ0) is 16.6. The molecule has 0 bridgehead atoms. The van der Waals surface area contributed by atoms with Crippen molar-refractivity contribution in [3.8, 4) is 0 Å². The van der Waals surface area contributed by atoms with E-state index in [1.54, 1.807) is 6.92 Å². The Morgan fingerprint density at radius 1 is 1.25 bits per heavy atom. The molecule has 1 saturated carbocycles. The predicted octanol–water partition coefficient (Wildman–Crippen LogP) is 4.18. The Kier molecular flexibility index (Phi) is 3.84. The molecule has 2 heterocycles. The SMILES string of the molecule is Cc1nc(C2(NC(=O)c3cc4ccccc4s3)CCCCC2)no1. The Bertz CT molecular complexity index is 844. The van der Waals surface area contributed by atoms with Crippen molar-refractivity contribution in [3.05, 3.63) is 46.9 Å². The van der Waals surface area contributed by atoms with E-state index in [1.165, 1.54) is 17.8 Å². The van der Waals surface area contributed by atoms with Crippen LogP contribution < -0.4 is 5.32 Å². The lowest BCUT2D eigenvalue weighted by Gasteiger charge is -2.35. The minimum absolute atomic E-state index is 0.0550. The van der Waals surface area contributed by atoms with E-state index in [2.05, 4.69) is 15.5 Å². The van der Waals surface area contributed by atoms with E-state index in [0.717, 1.165) is 40.6 Å². The van der Waals surface area contributed by atoms with Crippen molar-refractivity contribution < 1.29 is 9.32 Å². The van der Waals surface area contributed by atoms with Crippen LogP contribution >= 0.6 is 11.3 Å². The molecule has 2 aromatic heterocycles. The Hall–Kier alpha value is -2.21. The van der Waals surface area contributed by atoms with Crippen molar-refractivity contribution in [2.45, 2.75) is 44.6 Å². The average molecular weight is 341 g/mol. The summed E-state index contributed by atoms with van der Waals surface area (Å²) in [4.78, 5) is 18.0. The number of thiophene rings is 1. The van der Waals surface area contributed by atoms with Crippen LogP contribution in [0.15, 0.2) is 34.9 Å². The number of aryl methyl sites for hydroxylation is 1. The molecule has 3 aromatic rings. The third-order valence-electron chi connectivity index (χ3n) is 4.66. The first-order chi connectivity index (χ1) is 11.7. The van der Waals surface area contributed by atoms with Crippen molar-refractivity contribution in [1.82, 2.24) is 15.5 Å². The van der Waals surface area contributed by atoms with Crippen molar-refractivity contribution in [2.75, 3.05) is 0 Å². The molecule has 0 atom stereocenters. The normalized spacial score (nSPS) is 17.0. The largest absolute Gasteiger partial charge is 0.340 e. The molecule has 5 nitrogen and oxygen atoms in total. The first kappa shape index (κ1) is 15.3. The molecular formula is C18H19N3O2S. The molecule has 24 heavy (non-hydrogen) atoms. The molecule has 0 aliphatic heterocycles. The molecule has 0 unspecified atom stereocenters. The van der Waals surface area contributed by atoms with Crippen LogP contribution in [0.3, 0.4) is 0 Å². The molecule has 0 saturated heterocycles. The van der Waals surface area contributed by atoms with Gasteiger partial charge < -0.3 is 9.84 Å². The fourth-order valence-electron chi connectivity index (χ4n) is 3.43. The van der Waals surface area contributed by atoms with Gasteiger partial charge in [-0.1, -0.05) is 42.6 Å². The Labute approximate surface area is 144 Å². The van der Waals surface area contributed by atoms with Crippen LogP contribution in [0.5, 0.6) is 0 Å². The summed E-state index contributed by atoms with van der Waals surface area (Å²) < 4.78 is 6.29. The second-order valence-corrected chi connectivity index (χ2v) is 7.47. The first-order valence-electron chi connectivity index (χ1n) is 8.28. The minimum atomic E-state index is -0.511. The third kappa shape index (κ3) is 2.71. The second kappa shape index (κ2) is 6.02. The number of amides is 1. The van der Waals surface area contributed by atoms with Gasteiger partial charge in [-0.3, -0.25) is 4.79 Å². The molecule has 0 radical (unpaired) electrons. The van der Waals surface area contributed by atoms with Gasteiger partial charge in [0, 0.05) is 11.6 Å². The van der Waals surface area contributed by atoms with Crippen LogP contribution in [-0.2, 0) is 5.54 Å². The van der Waals surface area contributed by atoms with Gasteiger partial charge in [0.1, 0.15) is 5.54 Å². The predicted molar refractivity (Wildman–Crippen MR) is 93.1 cm³/mol. The van der Waals surface area contributed by atoms with E-state index < -0.39 is 5.54 Å². The first-order valence-corrected chi connectivity index (χ1v) is 9.10. The summed E-state index contributed by atoms with van der Waals surface area (Å²) in [5.74, 6) is 1.08. The van der Waals surface area contributed by atoms with E-state index in [-0.39, 0.29) is 5.91 Å². The number of carbonyl (C=O) groups is 1. The van der Waals surface area contributed by atoms with Crippen molar-refractivity contribution in [1.29, 1.82) is 0 Å². The monoisotopic (exact) mass is 341 g/mol. The van der Waals surface area contributed by atoms with Crippen LogP contribution in [0.2, 0.25) is 0 Å². The van der Waals surface area contributed by atoms with Gasteiger partial charge in [-0.05, 0) is 30.4 Å². The zero-order valence-corrected chi connectivity index (χ0v) is 14.4. The Balaban J connectivity index is 1.65. The van der Waals surface area contributed by atoms with Gasteiger partial charge in [0.2, 0.25) is 5.89 Å². The van der Waals surface area contributed by atoms with Crippen molar-refractivity contribution in [2.24, 2.45) is 0 Å². The highest BCUT2D eigenvalue weighted by atomic mass is 32.1. The van der Waals surface area contributed by atoms with E-state index in [0.29, 0.717) is 11.7 Å².